The molecule has 0 radical (unpaired) electrons. The molecule has 0 saturated carbocycles. The molecule has 0 unspecified atom stereocenters. The number of ether oxygens (including phenoxy) is 2. The maximum atomic E-state index is 10.3. The number of methoxy groups -OCH3 is 2. The summed E-state index contributed by atoms with van der Waals surface area (Å²) in [5, 5.41) is 10.3. The highest BCUT2D eigenvalue weighted by Crippen LogP contribution is 2.33. The minimum absolute atomic E-state index is 0.103. The quantitative estimate of drug-likeness (QED) is 0.616. The molecule has 0 bridgehead atoms. The number of hydrogen-bond acceptors (Lipinski definition) is 4. The molecule has 88 valence electrons. The minimum atomic E-state index is -0.344. The van der Waals surface area contributed by atoms with Crippen LogP contribution in [0, 0.1) is 10.1 Å². The molecule has 0 N–H and O–H groups in total. The molecule has 0 aliphatic heterocycles. The molecule has 1 aromatic rings. The number of benzene rings is 1. The smallest absolute Gasteiger partial charge is 0.207 e. The average molecular weight is 290 g/mol. The van der Waals surface area contributed by atoms with E-state index in [2.05, 4.69) is 15.9 Å². The lowest BCUT2D eigenvalue weighted by molar-refractivity contribution is -0.479. The third kappa shape index (κ3) is 3.10. The molecule has 0 heterocycles. The Bertz CT molecular complexity index is 395. The van der Waals surface area contributed by atoms with Crippen molar-refractivity contribution in [3.63, 3.8) is 0 Å². The standard InChI is InChI=1S/C10H12BrNO4/c1-15-9-5-7(3-4-12(13)14)8(11)6-10(9)16-2/h5-6H,3-4H2,1-2H3. The summed E-state index contributed by atoms with van der Waals surface area (Å²) in [7, 11) is 3.07. The fourth-order valence-corrected chi connectivity index (χ4v) is 1.82. The first-order chi connectivity index (χ1) is 7.58. The van der Waals surface area contributed by atoms with Crippen LogP contribution in [0.2, 0.25) is 0 Å². The first-order valence-corrected chi connectivity index (χ1v) is 5.40. The third-order valence-electron chi connectivity index (χ3n) is 2.12. The van der Waals surface area contributed by atoms with Gasteiger partial charge in [0.1, 0.15) is 0 Å². The van der Waals surface area contributed by atoms with E-state index in [0.717, 1.165) is 10.0 Å². The van der Waals surface area contributed by atoms with Crippen LogP contribution in [-0.4, -0.2) is 25.7 Å². The summed E-state index contributed by atoms with van der Waals surface area (Å²) < 4.78 is 11.0. The van der Waals surface area contributed by atoms with E-state index in [9.17, 15) is 10.1 Å². The fourth-order valence-electron chi connectivity index (χ4n) is 1.30. The number of nitro groups is 1. The number of halogens is 1. The van der Waals surface area contributed by atoms with E-state index < -0.39 is 0 Å². The van der Waals surface area contributed by atoms with Crippen LogP contribution in [0.1, 0.15) is 5.56 Å². The molecule has 0 fully saturated rings. The zero-order valence-electron chi connectivity index (χ0n) is 9.03. The summed E-state index contributed by atoms with van der Waals surface area (Å²) in [4.78, 5) is 9.95. The lowest BCUT2D eigenvalue weighted by Gasteiger charge is -2.10. The van der Waals surface area contributed by atoms with E-state index >= 15 is 0 Å². The van der Waals surface area contributed by atoms with Crippen LogP contribution in [0.15, 0.2) is 16.6 Å². The maximum absolute atomic E-state index is 10.3. The summed E-state index contributed by atoms with van der Waals surface area (Å²) >= 11 is 3.34. The summed E-state index contributed by atoms with van der Waals surface area (Å²) in [6.45, 7) is -0.103. The second kappa shape index (κ2) is 5.69. The van der Waals surface area contributed by atoms with E-state index in [0.29, 0.717) is 17.9 Å². The molecule has 0 atom stereocenters. The molecule has 6 heteroatoms. The molecule has 0 saturated heterocycles. The lowest BCUT2D eigenvalue weighted by atomic mass is 10.1. The Morgan fingerprint density at radius 1 is 1.31 bits per heavy atom. The molecule has 1 aromatic carbocycles. The molecular weight excluding hydrogens is 278 g/mol. The highest BCUT2D eigenvalue weighted by atomic mass is 79.9. The van der Waals surface area contributed by atoms with Crippen LogP contribution in [-0.2, 0) is 6.42 Å². The zero-order chi connectivity index (χ0) is 12.1. The predicted molar refractivity (Wildman–Crippen MR) is 62.8 cm³/mol. The predicted octanol–water partition coefficient (Wildman–Crippen LogP) is 2.29. The van der Waals surface area contributed by atoms with Crippen molar-refractivity contribution in [2.24, 2.45) is 0 Å². The van der Waals surface area contributed by atoms with Crippen molar-refractivity contribution in [1.82, 2.24) is 0 Å². The summed E-state index contributed by atoms with van der Waals surface area (Å²) in [5.41, 5.74) is 0.828. The van der Waals surface area contributed by atoms with Gasteiger partial charge in [0.2, 0.25) is 6.54 Å². The largest absolute Gasteiger partial charge is 0.493 e. The molecule has 0 spiro atoms. The summed E-state index contributed by atoms with van der Waals surface area (Å²) in [6.07, 6.45) is 0.355. The normalized spacial score (nSPS) is 9.94. The number of nitrogens with zero attached hydrogens (tertiary/aromatic N) is 1. The van der Waals surface area contributed by atoms with Crippen LogP contribution >= 0.6 is 15.9 Å². The van der Waals surface area contributed by atoms with Crippen LogP contribution in [0.5, 0.6) is 11.5 Å². The van der Waals surface area contributed by atoms with Crippen molar-refractivity contribution in [2.45, 2.75) is 6.42 Å². The van der Waals surface area contributed by atoms with Gasteiger partial charge in [0.25, 0.3) is 0 Å². The van der Waals surface area contributed by atoms with E-state index in [4.69, 9.17) is 9.47 Å². The topological polar surface area (TPSA) is 61.6 Å². The van der Waals surface area contributed by atoms with Crippen LogP contribution < -0.4 is 9.47 Å². The Labute approximate surface area is 102 Å². The van der Waals surface area contributed by atoms with Crippen LogP contribution in [0.4, 0.5) is 0 Å². The first-order valence-electron chi connectivity index (χ1n) is 4.60. The zero-order valence-corrected chi connectivity index (χ0v) is 10.6. The van der Waals surface area contributed by atoms with E-state index in [1.165, 1.54) is 7.11 Å². The fraction of sp³-hybridized carbons (Fsp3) is 0.400. The van der Waals surface area contributed by atoms with Crippen LogP contribution in [0.25, 0.3) is 0 Å². The van der Waals surface area contributed by atoms with Crippen molar-refractivity contribution < 1.29 is 14.4 Å². The number of rotatable bonds is 5. The average Bonchev–Trinajstić information content (AvgIpc) is 2.26. The van der Waals surface area contributed by atoms with E-state index in [1.807, 2.05) is 0 Å². The highest BCUT2D eigenvalue weighted by molar-refractivity contribution is 9.10. The van der Waals surface area contributed by atoms with Gasteiger partial charge in [-0.1, -0.05) is 15.9 Å². The van der Waals surface area contributed by atoms with Gasteiger partial charge in [-0.3, -0.25) is 10.1 Å². The van der Waals surface area contributed by atoms with Crippen molar-refractivity contribution in [1.29, 1.82) is 0 Å². The van der Waals surface area contributed by atoms with Gasteiger partial charge in [0, 0.05) is 15.8 Å². The Balaban J connectivity index is 2.96. The highest BCUT2D eigenvalue weighted by Gasteiger charge is 2.11. The summed E-state index contributed by atoms with van der Waals surface area (Å²) in [5.74, 6) is 1.17. The monoisotopic (exact) mass is 289 g/mol. The second-order valence-corrected chi connectivity index (χ2v) is 3.96. The van der Waals surface area contributed by atoms with Gasteiger partial charge in [0.15, 0.2) is 11.5 Å². The van der Waals surface area contributed by atoms with Gasteiger partial charge in [-0.25, -0.2) is 0 Å². The van der Waals surface area contributed by atoms with Crippen molar-refractivity contribution in [3.05, 3.63) is 32.3 Å². The Kier molecular flexibility index (Phi) is 4.54. The van der Waals surface area contributed by atoms with E-state index in [-0.39, 0.29) is 11.5 Å². The molecule has 0 aromatic heterocycles. The Hall–Kier alpha value is -1.30. The Morgan fingerprint density at radius 3 is 2.38 bits per heavy atom. The van der Waals surface area contributed by atoms with Gasteiger partial charge >= 0.3 is 0 Å². The first kappa shape index (κ1) is 12.8. The van der Waals surface area contributed by atoms with Gasteiger partial charge in [-0.2, -0.15) is 0 Å². The van der Waals surface area contributed by atoms with Crippen LogP contribution in [0.3, 0.4) is 0 Å². The molecule has 0 amide bonds. The van der Waals surface area contributed by atoms with Crippen molar-refractivity contribution in [3.8, 4) is 11.5 Å². The summed E-state index contributed by atoms with van der Waals surface area (Å²) in [6, 6.07) is 3.49. The molecule has 0 aliphatic rings. The van der Waals surface area contributed by atoms with Gasteiger partial charge in [-0.15, -0.1) is 0 Å². The van der Waals surface area contributed by atoms with Gasteiger partial charge in [-0.05, 0) is 17.7 Å². The molecule has 0 aliphatic carbocycles. The van der Waals surface area contributed by atoms with Gasteiger partial charge < -0.3 is 9.47 Å². The molecule has 1 rings (SSSR count). The Morgan fingerprint density at radius 2 is 1.88 bits per heavy atom. The van der Waals surface area contributed by atoms with Crippen molar-refractivity contribution >= 4 is 15.9 Å². The lowest BCUT2D eigenvalue weighted by Crippen LogP contribution is -2.05. The SMILES string of the molecule is COc1cc(Br)c(CC[N+](=O)[O-])cc1OC. The third-order valence-corrected chi connectivity index (χ3v) is 2.85. The molecule has 16 heavy (non-hydrogen) atoms. The number of hydrogen-bond donors (Lipinski definition) is 0. The molecular formula is C10H12BrNO4. The second-order valence-electron chi connectivity index (χ2n) is 3.10. The van der Waals surface area contributed by atoms with E-state index in [1.54, 1.807) is 19.2 Å². The molecule has 5 nitrogen and oxygen atoms in total. The maximum Gasteiger partial charge on any atom is 0.207 e. The van der Waals surface area contributed by atoms with Crippen molar-refractivity contribution in [2.75, 3.05) is 20.8 Å². The minimum Gasteiger partial charge on any atom is -0.493 e. The van der Waals surface area contributed by atoms with Gasteiger partial charge in [0.05, 0.1) is 14.2 Å².